The number of methoxy groups -OCH3 is 1. The van der Waals surface area contributed by atoms with Gasteiger partial charge in [-0.1, -0.05) is 27.7 Å². The van der Waals surface area contributed by atoms with E-state index in [1.165, 1.54) is 9.88 Å². The van der Waals surface area contributed by atoms with Crippen molar-refractivity contribution in [3.8, 4) is 0 Å². The van der Waals surface area contributed by atoms with Gasteiger partial charge < -0.3 is 10.1 Å². The van der Waals surface area contributed by atoms with Gasteiger partial charge in [0, 0.05) is 24.4 Å². The average molecular weight is 298 g/mol. The first-order valence-corrected chi connectivity index (χ1v) is 8.30. The van der Waals surface area contributed by atoms with Gasteiger partial charge in [0.05, 0.1) is 16.8 Å². The van der Waals surface area contributed by atoms with Gasteiger partial charge in [-0.15, -0.1) is 11.3 Å². The maximum Gasteiger partial charge on any atom is 0.0947 e. The lowest BCUT2D eigenvalue weighted by Gasteiger charge is -2.36. The molecule has 0 spiro atoms. The highest BCUT2D eigenvalue weighted by Gasteiger charge is 2.32. The molecule has 0 saturated carbocycles. The molecule has 0 aromatic carbocycles. The number of nitrogens with zero attached hydrogens (tertiary/aromatic N) is 1. The van der Waals surface area contributed by atoms with Crippen molar-refractivity contribution >= 4 is 11.3 Å². The Morgan fingerprint density at radius 2 is 1.95 bits per heavy atom. The van der Waals surface area contributed by atoms with E-state index in [1.54, 1.807) is 0 Å². The average Bonchev–Trinajstić information content (AvgIpc) is 2.64. The third-order valence-corrected chi connectivity index (χ3v) is 4.69. The fraction of sp³-hybridized carbons (Fsp3) is 0.812. The number of hydrogen-bond acceptors (Lipinski definition) is 4. The molecule has 2 atom stereocenters. The molecule has 3 nitrogen and oxygen atoms in total. The van der Waals surface area contributed by atoms with E-state index in [9.17, 15) is 0 Å². The second-order valence-electron chi connectivity index (χ2n) is 6.54. The predicted octanol–water partition coefficient (Wildman–Crippen LogP) is 3.73. The first-order chi connectivity index (χ1) is 9.29. The minimum atomic E-state index is 0.113. The molecule has 0 bridgehead atoms. The molecule has 1 aromatic heterocycles. The number of aryl methyl sites for hydroxylation is 2. The van der Waals surface area contributed by atoms with E-state index in [-0.39, 0.29) is 11.5 Å². The Balaban J connectivity index is 2.87. The Morgan fingerprint density at radius 3 is 2.35 bits per heavy atom. The van der Waals surface area contributed by atoms with Crippen molar-refractivity contribution in [2.45, 2.75) is 66.5 Å². The zero-order valence-electron chi connectivity index (χ0n) is 14.0. The van der Waals surface area contributed by atoms with Crippen molar-refractivity contribution in [3.63, 3.8) is 0 Å². The topological polar surface area (TPSA) is 34.2 Å². The van der Waals surface area contributed by atoms with Gasteiger partial charge in [0.2, 0.25) is 0 Å². The van der Waals surface area contributed by atoms with Crippen LogP contribution in [0.3, 0.4) is 0 Å². The van der Waals surface area contributed by atoms with E-state index in [4.69, 9.17) is 4.74 Å². The Morgan fingerprint density at radius 1 is 1.30 bits per heavy atom. The Bertz CT molecular complexity index is 390. The van der Waals surface area contributed by atoms with Gasteiger partial charge in [-0.3, -0.25) is 0 Å². The number of hydrogen-bond donors (Lipinski definition) is 1. The molecule has 116 valence electrons. The zero-order valence-corrected chi connectivity index (χ0v) is 14.9. The van der Waals surface area contributed by atoms with Crippen LogP contribution >= 0.6 is 11.3 Å². The second-order valence-corrected chi connectivity index (χ2v) is 7.82. The van der Waals surface area contributed by atoms with Crippen molar-refractivity contribution in [2.24, 2.45) is 5.41 Å². The molecule has 0 aliphatic carbocycles. The second kappa shape index (κ2) is 7.53. The smallest absolute Gasteiger partial charge is 0.0947 e. The summed E-state index contributed by atoms with van der Waals surface area (Å²) in [4.78, 5) is 6.00. The summed E-state index contributed by atoms with van der Waals surface area (Å²) in [5.41, 5.74) is 1.27. The van der Waals surface area contributed by atoms with Crippen LogP contribution in [0.15, 0.2) is 0 Å². The third kappa shape index (κ3) is 4.83. The van der Waals surface area contributed by atoms with Gasteiger partial charge in [0.25, 0.3) is 0 Å². The minimum absolute atomic E-state index is 0.113. The van der Waals surface area contributed by atoms with Crippen molar-refractivity contribution in [1.29, 1.82) is 0 Å². The molecule has 0 aliphatic heterocycles. The molecule has 0 fully saturated rings. The van der Waals surface area contributed by atoms with Crippen LogP contribution in [0.1, 0.15) is 49.7 Å². The van der Waals surface area contributed by atoms with Crippen LogP contribution in [0.25, 0.3) is 0 Å². The largest absolute Gasteiger partial charge is 0.379 e. The van der Waals surface area contributed by atoms with Crippen molar-refractivity contribution in [1.82, 2.24) is 10.3 Å². The monoisotopic (exact) mass is 298 g/mol. The van der Waals surface area contributed by atoms with Crippen molar-refractivity contribution in [2.75, 3.05) is 13.7 Å². The van der Waals surface area contributed by atoms with Gasteiger partial charge in [0.1, 0.15) is 0 Å². The molecule has 2 unspecified atom stereocenters. The number of nitrogens with one attached hydrogen (secondary N) is 1. The van der Waals surface area contributed by atoms with Gasteiger partial charge in [-0.25, -0.2) is 4.98 Å². The van der Waals surface area contributed by atoms with Crippen LogP contribution in [0.4, 0.5) is 0 Å². The summed E-state index contributed by atoms with van der Waals surface area (Å²) in [6.07, 6.45) is 2.25. The fourth-order valence-corrected chi connectivity index (χ4v) is 3.54. The van der Waals surface area contributed by atoms with Crippen LogP contribution in [-0.4, -0.2) is 30.8 Å². The summed E-state index contributed by atoms with van der Waals surface area (Å²) >= 11 is 1.81. The van der Waals surface area contributed by atoms with Crippen LogP contribution in [0.2, 0.25) is 0 Å². The van der Waals surface area contributed by atoms with E-state index in [0.717, 1.165) is 25.1 Å². The third-order valence-electron chi connectivity index (χ3n) is 3.60. The van der Waals surface area contributed by atoms with Gasteiger partial charge in [-0.2, -0.15) is 0 Å². The Kier molecular flexibility index (Phi) is 6.62. The molecule has 1 heterocycles. The fourth-order valence-electron chi connectivity index (χ4n) is 2.55. The highest BCUT2D eigenvalue weighted by molar-refractivity contribution is 7.11. The molecule has 0 aliphatic rings. The Hall–Kier alpha value is -0.450. The summed E-state index contributed by atoms with van der Waals surface area (Å²) in [6, 6.07) is 0.310. The first kappa shape index (κ1) is 17.6. The van der Waals surface area contributed by atoms with E-state index in [2.05, 4.69) is 51.8 Å². The Labute approximate surface area is 128 Å². The molecule has 4 heteroatoms. The van der Waals surface area contributed by atoms with E-state index in [0.29, 0.717) is 6.04 Å². The lowest BCUT2D eigenvalue weighted by molar-refractivity contribution is -0.0109. The number of ether oxygens (including phenoxy) is 1. The quantitative estimate of drug-likeness (QED) is 0.833. The maximum atomic E-state index is 5.80. The highest BCUT2D eigenvalue weighted by atomic mass is 32.1. The van der Waals surface area contributed by atoms with Crippen LogP contribution in [-0.2, 0) is 11.2 Å². The SMILES string of the molecule is CCCNC(Cc1nc(C)c(C)s1)C(OC)C(C)(C)C. The zero-order chi connectivity index (χ0) is 15.3. The summed E-state index contributed by atoms with van der Waals surface area (Å²) in [5, 5.41) is 4.85. The normalized spacial score (nSPS) is 15.3. The summed E-state index contributed by atoms with van der Waals surface area (Å²) in [7, 11) is 1.81. The highest BCUT2D eigenvalue weighted by Crippen LogP contribution is 2.27. The molecular weight excluding hydrogens is 268 g/mol. The predicted molar refractivity (Wildman–Crippen MR) is 87.6 cm³/mol. The summed E-state index contributed by atoms with van der Waals surface area (Å²) < 4.78 is 5.80. The molecular formula is C16H30N2OS. The van der Waals surface area contributed by atoms with E-state index < -0.39 is 0 Å². The molecule has 20 heavy (non-hydrogen) atoms. The number of rotatable bonds is 7. The van der Waals surface area contributed by atoms with E-state index in [1.807, 2.05) is 18.4 Å². The molecule has 0 saturated heterocycles. The van der Waals surface area contributed by atoms with Crippen LogP contribution < -0.4 is 5.32 Å². The minimum Gasteiger partial charge on any atom is -0.379 e. The molecule has 1 aromatic rings. The van der Waals surface area contributed by atoms with Crippen LogP contribution in [0.5, 0.6) is 0 Å². The lowest BCUT2D eigenvalue weighted by atomic mass is 9.83. The summed E-state index contributed by atoms with van der Waals surface area (Å²) in [5.74, 6) is 0. The lowest BCUT2D eigenvalue weighted by Crippen LogP contribution is -2.49. The van der Waals surface area contributed by atoms with Gasteiger partial charge in [0.15, 0.2) is 0 Å². The van der Waals surface area contributed by atoms with Crippen molar-refractivity contribution in [3.05, 3.63) is 15.6 Å². The molecule has 0 radical (unpaired) electrons. The van der Waals surface area contributed by atoms with Crippen molar-refractivity contribution < 1.29 is 4.74 Å². The van der Waals surface area contributed by atoms with E-state index >= 15 is 0 Å². The van der Waals surface area contributed by atoms with Crippen LogP contribution in [0, 0.1) is 19.3 Å². The number of aromatic nitrogens is 1. The number of thiazole rings is 1. The van der Waals surface area contributed by atoms with Gasteiger partial charge >= 0.3 is 0 Å². The maximum absolute atomic E-state index is 5.80. The standard InChI is InChI=1S/C16H30N2OS/c1-8-9-17-13(15(19-7)16(4,5)6)10-14-18-11(2)12(3)20-14/h13,15,17H,8-10H2,1-7H3. The molecule has 1 N–H and O–H groups in total. The molecule has 0 amide bonds. The first-order valence-electron chi connectivity index (χ1n) is 7.48. The summed E-state index contributed by atoms with van der Waals surface area (Å²) in [6.45, 7) is 14.1. The van der Waals surface area contributed by atoms with Gasteiger partial charge in [-0.05, 0) is 32.2 Å². The molecule has 1 rings (SSSR count).